The zero-order chi connectivity index (χ0) is 39.6. The molecule has 15 heteroatoms. The number of benzene rings is 4. The molecule has 1 fully saturated rings. The first kappa shape index (κ1) is 41.6. The molecule has 0 spiro atoms. The number of hydrogen-bond donors (Lipinski definition) is 0. The van der Waals surface area contributed by atoms with Crippen LogP contribution in [0.5, 0.6) is 0 Å². The molecule has 0 unspecified atom stereocenters. The molecule has 52 heavy (non-hydrogen) atoms. The Morgan fingerprint density at radius 3 is 1.46 bits per heavy atom. The molecule has 274 valence electrons. The normalized spacial score (nSPS) is 14.7. The summed E-state index contributed by atoms with van der Waals surface area (Å²) in [6.45, 7) is 25.8. The SMILES string of the molecule is Cc1cc(F)c(F)cc1B1OC(C)(C)C(C)(C)O1.[C-]#[N+]c1cc(-c2cc(F)c(F)cc2C)cc(C(F)(F)F)c1.[C-]#[N+]c1cc(C)cc(C(F)(F)F)c1. The summed E-state index contributed by atoms with van der Waals surface area (Å²) in [5.74, 6) is -3.97. The molecule has 0 amide bonds. The molecule has 0 aromatic heterocycles. The summed E-state index contributed by atoms with van der Waals surface area (Å²) in [6.07, 6.45) is -8.99. The van der Waals surface area contributed by atoms with E-state index in [4.69, 9.17) is 22.5 Å². The highest BCUT2D eigenvalue weighted by Crippen LogP contribution is 2.38. The van der Waals surface area contributed by atoms with Gasteiger partial charge < -0.3 is 9.31 Å². The third kappa shape index (κ3) is 9.93. The van der Waals surface area contributed by atoms with Gasteiger partial charge in [-0.2, -0.15) is 26.3 Å². The van der Waals surface area contributed by atoms with Gasteiger partial charge in [-0.25, -0.2) is 27.3 Å². The Kier molecular flexibility index (Phi) is 12.3. The second-order valence-electron chi connectivity index (χ2n) is 12.8. The van der Waals surface area contributed by atoms with E-state index >= 15 is 0 Å². The van der Waals surface area contributed by atoms with Crippen LogP contribution in [-0.2, 0) is 21.7 Å². The van der Waals surface area contributed by atoms with E-state index in [0.29, 0.717) is 22.7 Å². The molecule has 0 saturated carbocycles. The van der Waals surface area contributed by atoms with Crippen molar-refractivity contribution in [3.63, 3.8) is 0 Å². The van der Waals surface area contributed by atoms with Crippen LogP contribution >= 0.6 is 0 Å². The Bertz CT molecular complexity index is 2030. The van der Waals surface area contributed by atoms with Gasteiger partial charge in [0.2, 0.25) is 0 Å². The Morgan fingerprint density at radius 2 is 0.981 bits per heavy atom. The standard InChI is InChI=1S/C15H8F5N.C13H17BF2O2.C9H6F3N/c1-8-3-13(16)14(17)7-12(8)9-4-10(15(18,19)20)6-11(5-9)21-2;1-8-6-10(15)11(16)7-9(8)14-17-12(2,3)13(4,5)18-14;1-6-3-7(9(10,11)12)5-8(4-6)13-2/h3-7H,1H3;6-7H,1-5H3;3-5H,1H3. The zero-order valence-electron chi connectivity index (χ0n) is 28.8. The van der Waals surface area contributed by atoms with Gasteiger partial charge in [0.05, 0.1) is 24.3 Å². The van der Waals surface area contributed by atoms with E-state index in [9.17, 15) is 43.9 Å². The van der Waals surface area contributed by atoms with E-state index in [-0.39, 0.29) is 28.1 Å². The summed E-state index contributed by atoms with van der Waals surface area (Å²) < 4.78 is 139. The van der Waals surface area contributed by atoms with E-state index in [2.05, 4.69) is 9.69 Å². The predicted octanol–water partition coefficient (Wildman–Crippen LogP) is 11.6. The van der Waals surface area contributed by atoms with Crippen LogP contribution in [-0.4, -0.2) is 18.3 Å². The Labute approximate surface area is 294 Å². The van der Waals surface area contributed by atoms with Gasteiger partial charge in [0.1, 0.15) is 0 Å². The van der Waals surface area contributed by atoms with Crippen LogP contribution in [0.2, 0.25) is 0 Å². The van der Waals surface area contributed by atoms with Gasteiger partial charge >= 0.3 is 19.5 Å². The third-order valence-corrected chi connectivity index (χ3v) is 8.29. The third-order valence-electron chi connectivity index (χ3n) is 8.29. The minimum atomic E-state index is -4.62. The van der Waals surface area contributed by atoms with Crippen LogP contribution in [0, 0.1) is 57.2 Å². The summed E-state index contributed by atoms with van der Waals surface area (Å²) in [5, 5.41) is 0. The quantitative estimate of drug-likeness (QED) is 0.116. The first-order chi connectivity index (χ1) is 23.8. The van der Waals surface area contributed by atoms with Crippen LogP contribution in [0.25, 0.3) is 20.8 Å². The fourth-order valence-corrected chi connectivity index (χ4v) is 4.83. The Hall–Kier alpha value is -4.86. The summed E-state index contributed by atoms with van der Waals surface area (Å²) in [5.41, 5.74) is -0.934. The van der Waals surface area contributed by atoms with Crippen molar-refractivity contribution in [2.24, 2.45) is 0 Å². The fraction of sp³-hybridized carbons (Fsp3) is 0.297. The van der Waals surface area contributed by atoms with Gasteiger partial charge in [0, 0.05) is 11.1 Å². The highest BCUT2D eigenvalue weighted by molar-refractivity contribution is 6.62. The Morgan fingerprint density at radius 1 is 0.558 bits per heavy atom. The lowest BCUT2D eigenvalue weighted by Gasteiger charge is -2.32. The largest absolute Gasteiger partial charge is 0.495 e. The molecule has 4 aromatic rings. The molecular weight excluding hydrogens is 705 g/mol. The van der Waals surface area contributed by atoms with Gasteiger partial charge in [-0.1, -0.05) is 11.6 Å². The van der Waals surface area contributed by atoms with Crippen molar-refractivity contribution in [3.8, 4) is 11.1 Å². The van der Waals surface area contributed by atoms with Crippen LogP contribution in [0.4, 0.5) is 55.3 Å². The number of halogens is 10. The molecule has 1 heterocycles. The average Bonchev–Trinajstić information content (AvgIpc) is 3.25. The van der Waals surface area contributed by atoms with Crippen LogP contribution in [0.15, 0.2) is 60.7 Å². The first-order valence-electron chi connectivity index (χ1n) is 15.2. The van der Waals surface area contributed by atoms with Crippen LogP contribution < -0.4 is 5.46 Å². The van der Waals surface area contributed by atoms with Crippen molar-refractivity contribution in [2.45, 2.75) is 72.0 Å². The molecule has 0 bridgehead atoms. The summed E-state index contributed by atoms with van der Waals surface area (Å²) >= 11 is 0. The topological polar surface area (TPSA) is 27.2 Å². The Balaban J connectivity index is 0.000000216. The molecular formula is C37H31BF10N2O2. The monoisotopic (exact) mass is 736 g/mol. The predicted molar refractivity (Wildman–Crippen MR) is 177 cm³/mol. The van der Waals surface area contributed by atoms with Crippen molar-refractivity contribution in [1.82, 2.24) is 0 Å². The van der Waals surface area contributed by atoms with Gasteiger partial charge in [0.25, 0.3) is 0 Å². The van der Waals surface area contributed by atoms with Gasteiger partial charge in [-0.15, -0.1) is 0 Å². The minimum Gasteiger partial charge on any atom is -0.399 e. The van der Waals surface area contributed by atoms with E-state index in [1.165, 1.54) is 26.0 Å². The second kappa shape index (κ2) is 15.4. The zero-order valence-corrected chi connectivity index (χ0v) is 28.8. The molecule has 1 saturated heterocycles. The molecule has 0 aliphatic carbocycles. The molecule has 4 nitrogen and oxygen atoms in total. The molecule has 4 aromatic carbocycles. The van der Waals surface area contributed by atoms with Gasteiger partial charge in [-0.05, 0) is 131 Å². The highest BCUT2D eigenvalue weighted by atomic mass is 19.4. The summed E-state index contributed by atoms with van der Waals surface area (Å²) in [6, 6.07) is 10.1. The minimum absolute atomic E-state index is 0.0206. The molecule has 1 aliphatic heterocycles. The van der Waals surface area contributed by atoms with Gasteiger partial charge in [-0.3, -0.25) is 0 Å². The lowest BCUT2D eigenvalue weighted by Crippen LogP contribution is -2.41. The number of rotatable bonds is 2. The van der Waals surface area contributed by atoms with Crippen molar-refractivity contribution in [2.75, 3.05) is 0 Å². The molecule has 5 rings (SSSR count). The number of aryl methyl sites for hydroxylation is 3. The highest BCUT2D eigenvalue weighted by Gasteiger charge is 2.52. The number of alkyl halides is 6. The van der Waals surface area contributed by atoms with E-state index < -0.39 is 65.1 Å². The van der Waals surface area contributed by atoms with E-state index in [1.807, 2.05) is 27.7 Å². The van der Waals surface area contributed by atoms with Crippen molar-refractivity contribution in [3.05, 3.63) is 135 Å². The van der Waals surface area contributed by atoms with E-state index in [0.717, 1.165) is 42.5 Å². The van der Waals surface area contributed by atoms with Crippen molar-refractivity contribution in [1.29, 1.82) is 0 Å². The average molecular weight is 736 g/mol. The second-order valence-corrected chi connectivity index (χ2v) is 12.8. The fourth-order valence-electron chi connectivity index (χ4n) is 4.83. The van der Waals surface area contributed by atoms with E-state index in [1.54, 1.807) is 6.92 Å². The maximum Gasteiger partial charge on any atom is 0.495 e. The van der Waals surface area contributed by atoms with Gasteiger partial charge in [0.15, 0.2) is 34.6 Å². The van der Waals surface area contributed by atoms with Crippen molar-refractivity contribution < 1.29 is 53.2 Å². The molecule has 1 aliphatic rings. The number of nitrogens with zero attached hydrogens (tertiary/aromatic N) is 2. The van der Waals surface area contributed by atoms with Crippen LogP contribution in [0.1, 0.15) is 55.5 Å². The molecule has 0 N–H and O–H groups in total. The number of hydrogen-bond acceptors (Lipinski definition) is 2. The van der Waals surface area contributed by atoms with Crippen LogP contribution in [0.3, 0.4) is 0 Å². The maximum absolute atomic E-state index is 13.3. The summed E-state index contributed by atoms with van der Waals surface area (Å²) in [4.78, 5) is 5.94. The first-order valence-corrected chi connectivity index (χ1v) is 15.2. The summed E-state index contributed by atoms with van der Waals surface area (Å²) in [7, 11) is -0.662. The maximum atomic E-state index is 13.3. The molecule has 0 atom stereocenters. The lowest BCUT2D eigenvalue weighted by molar-refractivity contribution is -0.138. The molecule has 0 radical (unpaired) electrons. The van der Waals surface area contributed by atoms with Crippen molar-refractivity contribution >= 4 is 24.0 Å². The smallest absolute Gasteiger partial charge is 0.399 e. The lowest BCUT2D eigenvalue weighted by atomic mass is 9.76.